The molecule has 1 aromatic rings. The van der Waals surface area contributed by atoms with Crippen LogP contribution in [0.3, 0.4) is 0 Å². The van der Waals surface area contributed by atoms with Crippen molar-refractivity contribution in [2.45, 2.75) is 19.2 Å². The van der Waals surface area contributed by atoms with Crippen LogP contribution in [0.25, 0.3) is 0 Å². The smallest absolute Gasteiger partial charge is 0.406 e. The van der Waals surface area contributed by atoms with E-state index in [9.17, 15) is 13.2 Å². The van der Waals surface area contributed by atoms with Crippen molar-refractivity contribution in [1.82, 2.24) is 0 Å². The molecule has 1 aliphatic heterocycles. The predicted molar refractivity (Wildman–Crippen MR) is 74.7 cm³/mol. The first kappa shape index (κ1) is 13.8. The van der Waals surface area contributed by atoms with Gasteiger partial charge in [0.25, 0.3) is 0 Å². The van der Waals surface area contributed by atoms with E-state index in [1.807, 2.05) is 17.2 Å². The highest BCUT2D eigenvalue weighted by Gasteiger charge is 2.31. The molecule has 3 rings (SSSR count). The number of anilines is 1. The van der Waals surface area contributed by atoms with Crippen molar-refractivity contribution in [2.75, 3.05) is 4.90 Å². The van der Waals surface area contributed by atoms with Gasteiger partial charge >= 0.3 is 6.36 Å². The second kappa shape index (κ2) is 4.98. The van der Waals surface area contributed by atoms with Gasteiger partial charge in [-0.2, -0.15) is 0 Å². The number of halogens is 3. The lowest BCUT2D eigenvalue weighted by atomic mass is 10.1. The molecule has 110 valence electrons. The average molecular weight is 293 g/mol. The van der Waals surface area contributed by atoms with E-state index in [4.69, 9.17) is 0 Å². The summed E-state index contributed by atoms with van der Waals surface area (Å²) in [7, 11) is 0. The summed E-state index contributed by atoms with van der Waals surface area (Å²) in [6.07, 6.45) is 3.69. The molecule has 0 unspecified atom stereocenters. The number of benzene rings is 1. The normalized spacial score (nSPS) is 18.7. The Morgan fingerprint density at radius 3 is 2.33 bits per heavy atom. The molecule has 2 aliphatic rings. The number of hydrogen-bond acceptors (Lipinski definition) is 2. The van der Waals surface area contributed by atoms with Crippen LogP contribution in [0.5, 0.6) is 5.75 Å². The summed E-state index contributed by atoms with van der Waals surface area (Å²) in [6, 6.07) is 5.79. The van der Waals surface area contributed by atoms with Gasteiger partial charge in [0, 0.05) is 17.6 Å². The summed E-state index contributed by atoms with van der Waals surface area (Å²) in [5, 5.41) is 0. The number of hydrogen-bond donors (Lipinski definition) is 0. The predicted octanol–water partition coefficient (Wildman–Crippen LogP) is 4.77. The van der Waals surface area contributed by atoms with Crippen molar-refractivity contribution in [3.05, 3.63) is 60.5 Å². The highest BCUT2D eigenvalue weighted by Crippen LogP contribution is 2.40. The third-order valence-electron chi connectivity index (χ3n) is 3.45. The minimum atomic E-state index is -4.67. The van der Waals surface area contributed by atoms with Gasteiger partial charge in [0.1, 0.15) is 5.75 Å². The molecular weight excluding hydrogens is 279 g/mol. The SMILES string of the molecule is C=C1C=CC(C2CC2)=CN1c1ccc(OC(F)(F)F)cc1. The lowest BCUT2D eigenvalue weighted by Crippen LogP contribution is -2.18. The van der Waals surface area contributed by atoms with Crippen LogP contribution in [0, 0.1) is 5.92 Å². The average Bonchev–Trinajstić information content (AvgIpc) is 3.23. The van der Waals surface area contributed by atoms with E-state index in [0.29, 0.717) is 5.92 Å². The van der Waals surface area contributed by atoms with Gasteiger partial charge in [0.2, 0.25) is 0 Å². The monoisotopic (exact) mass is 293 g/mol. The Balaban J connectivity index is 1.80. The quantitative estimate of drug-likeness (QED) is 0.796. The van der Waals surface area contributed by atoms with Crippen LogP contribution in [0.2, 0.25) is 0 Å². The third-order valence-corrected chi connectivity index (χ3v) is 3.45. The van der Waals surface area contributed by atoms with Gasteiger partial charge in [0.05, 0.1) is 0 Å². The number of alkyl halides is 3. The van der Waals surface area contributed by atoms with E-state index in [1.54, 1.807) is 12.1 Å². The molecule has 0 amide bonds. The largest absolute Gasteiger partial charge is 0.573 e. The van der Waals surface area contributed by atoms with Crippen LogP contribution in [0.4, 0.5) is 18.9 Å². The molecule has 0 spiro atoms. The molecule has 0 radical (unpaired) electrons. The molecule has 1 heterocycles. The number of rotatable bonds is 3. The minimum Gasteiger partial charge on any atom is -0.406 e. The zero-order chi connectivity index (χ0) is 15.0. The van der Waals surface area contributed by atoms with Crippen LogP contribution in [0.15, 0.2) is 60.5 Å². The fourth-order valence-corrected chi connectivity index (χ4v) is 2.25. The molecule has 1 aliphatic carbocycles. The molecular formula is C16H14F3NO. The first-order valence-corrected chi connectivity index (χ1v) is 6.66. The molecule has 2 nitrogen and oxygen atoms in total. The molecule has 21 heavy (non-hydrogen) atoms. The van der Waals surface area contributed by atoms with Crippen molar-refractivity contribution in [3.63, 3.8) is 0 Å². The van der Waals surface area contributed by atoms with E-state index in [1.165, 1.54) is 30.5 Å². The van der Waals surface area contributed by atoms with E-state index in [0.717, 1.165) is 11.4 Å². The number of ether oxygens (including phenoxy) is 1. The van der Waals surface area contributed by atoms with Gasteiger partial charge in [-0.1, -0.05) is 12.7 Å². The van der Waals surface area contributed by atoms with Gasteiger partial charge in [0.15, 0.2) is 0 Å². The zero-order valence-electron chi connectivity index (χ0n) is 11.2. The molecule has 1 aromatic carbocycles. The van der Waals surface area contributed by atoms with E-state index >= 15 is 0 Å². The van der Waals surface area contributed by atoms with Gasteiger partial charge in [-0.25, -0.2) is 0 Å². The second-order valence-corrected chi connectivity index (χ2v) is 5.14. The van der Waals surface area contributed by atoms with Crippen molar-refractivity contribution in [2.24, 2.45) is 5.92 Å². The summed E-state index contributed by atoms with van der Waals surface area (Å²) in [4.78, 5) is 1.88. The Morgan fingerprint density at radius 1 is 1.10 bits per heavy atom. The van der Waals surface area contributed by atoms with E-state index < -0.39 is 6.36 Å². The Hall–Kier alpha value is -2.17. The topological polar surface area (TPSA) is 12.5 Å². The molecule has 0 N–H and O–H groups in total. The third kappa shape index (κ3) is 3.29. The van der Waals surface area contributed by atoms with E-state index in [-0.39, 0.29) is 5.75 Å². The van der Waals surface area contributed by atoms with Gasteiger partial charge in [-0.15, -0.1) is 13.2 Å². The van der Waals surface area contributed by atoms with Crippen molar-refractivity contribution < 1.29 is 17.9 Å². The summed E-state index contributed by atoms with van der Waals surface area (Å²) < 4.78 is 40.3. The van der Waals surface area contributed by atoms with Crippen molar-refractivity contribution in [3.8, 4) is 5.75 Å². The highest BCUT2D eigenvalue weighted by atomic mass is 19.4. The fourth-order valence-electron chi connectivity index (χ4n) is 2.25. The Kier molecular flexibility index (Phi) is 3.27. The summed E-state index contributed by atoms with van der Waals surface area (Å²) >= 11 is 0. The fraction of sp³-hybridized carbons (Fsp3) is 0.250. The molecule has 0 atom stereocenters. The van der Waals surface area contributed by atoms with Crippen LogP contribution < -0.4 is 9.64 Å². The lowest BCUT2D eigenvalue weighted by Gasteiger charge is -2.25. The van der Waals surface area contributed by atoms with Crippen LogP contribution in [-0.4, -0.2) is 6.36 Å². The minimum absolute atomic E-state index is 0.226. The first-order chi connectivity index (χ1) is 9.92. The molecule has 0 saturated heterocycles. The zero-order valence-corrected chi connectivity index (χ0v) is 11.2. The van der Waals surface area contributed by atoms with Crippen LogP contribution >= 0.6 is 0 Å². The molecule has 0 bridgehead atoms. The van der Waals surface area contributed by atoms with Gasteiger partial charge < -0.3 is 9.64 Å². The highest BCUT2D eigenvalue weighted by molar-refractivity contribution is 5.61. The number of nitrogens with zero attached hydrogens (tertiary/aromatic N) is 1. The summed E-state index contributed by atoms with van der Waals surface area (Å²) in [5.74, 6) is 0.375. The van der Waals surface area contributed by atoms with Gasteiger partial charge in [-0.3, -0.25) is 0 Å². The number of allylic oxidation sites excluding steroid dienone is 3. The van der Waals surface area contributed by atoms with Crippen LogP contribution in [-0.2, 0) is 0 Å². The maximum atomic E-state index is 12.1. The lowest BCUT2D eigenvalue weighted by molar-refractivity contribution is -0.274. The second-order valence-electron chi connectivity index (χ2n) is 5.14. The van der Waals surface area contributed by atoms with Gasteiger partial charge in [-0.05, 0) is 54.7 Å². The Labute approximate surface area is 120 Å². The Morgan fingerprint density at radius 2 is 1.76 bits per heavy atom. The molecule has 0 aromatic heterocycles. The van der Waals surface area contributed by atoms with Crippen LogP contribution in [0.1, 0.15) is 12.8 Å². The standard InChI is InChI=1S/C16H14F3NO/c1-11-2-3-13(12-4-5-12)10-20(11)14-6-8-15(9-7-14)21-16(17,18)19/h2-3,6-10,12H,1,4-5H2. The first-order valence-electron chi connectivity index (χ1n) is 6.66. The summed E-state index contributed by atoms with van der Waals surface area (Å²) in [6.45, 7) is 3.95. The maximum absolute atomic E-state index is 12.1. The summed E-state index contributed by atoms with van der Waals surface area (Å²) in [5.41, 5.74) is 2.78. The molecule has 1 fully saturated rings. The molecule has 5 heteroatoms. The van der Waals surface area contributed by atoms with Crippen molar-refractivity contribution >= 4 is 5.69 Å². The maximum Gasteiger partial charge on any atom is 0.573 e. The van der Waals surface area contributed by atoms with Crippen molar-refractivity contribution in [1.29, 1.82) is 0 Å². The van der Waals surface area contributed by atoms with E-state index in [2.05, 4.69) is 17.4 Å². The Bertz CT molecular complexity index is 609. The molecule has 1 saturated carbocycles.